The van der Waals surface area contributed by atoms with Gasteiger partial charge in [0, 0.05) is 38.8 Å². The van der Waals surface area contributed by atoms with Gasteiger partial charge in [-0.25, -0.2) is 4.98 Å². The van der Waals surface area contributed by atoms with Gasteiger partial charge in [-0.2, -0.15) is 0 Å². The molecule has 0 spiro atoms. The van der Waals surface area contributed by atoms with E-state index in [4.69, 9.17) is 13.9 Å². The highest BCUT2D eigenvalue weighted by Crippen LogP contribution is 2.25. The number of carbonyl (C=O) groups is 1. The quantitative estimate of drug-likeness (QED) is 0.452. The molecule has 2 heterocycles. The minimum Gasteiger partial charge on any atom is -0.497 e. The molecular weight excluding hydrogens is 444 g/mol. The standard InChI is InChI=1S/C27H34N4O4/c1-21(23-8-4-3-5-9-23)31(18-22-7-6-10-24(17-22)33-2)19-26-29-25(20-35-26)27(32)28-11-12-30-13-15-34-16-14-30/h3-10,17,20-21H,11-16,18-19H2,1-2H3,(H,28,32)/t21-/m1/s1. The van der Waals surface area contributed by atoms with Crippen molar-refractivity contribution in [3.63, 3.8) is 0 Å². The highest BCUT2D eigenvalue weighted by atomic mass is 16.5. The van der Waals surface area contributed by atoms with Crippen LogP contribution in [0.25, 0.3) is 0 Å². The summed E-state index contributed by atoms with van der Waals surface area (Å²) in [6.07, 6.45) is 1.44. The Morgan fingerprint density at radius 1 is 1.14 bits per heavy atom. The number of methoxy groups -OCH3 is 1. The molecule has 8 heteroatoms. The topological polar surface area (TPSA) is 80.1 Å². The molecular formula is C27H34N4O4. The number of aromatic nitrogens is 1. The van der Waals surface area contributed by atoms with Gasteiger partial charge in [0.15, 0.2) is 5.69 Å². The second kappa shape index (κ2) is 12.5. The summed E-state index contributed by atoms with van der Waals surface area (Å²) >= 11 is 0. The third-order valence-corrected chi connectivity index (χ3v) is 6.29. The van der Waals surface area contributed by atoms with Crippen molar-refractivity contribution in [1.29, 1.82) is 0 Å². The maximum Gasteiger partial charge on any atom is 0.273 e. The molecule has 0 unspecified atom stereocenters. The summed E-state index contributed by atoms with van der Waals surface area (Å²) in [6.45, 7) is 7.95. The molecule has 0 bridgehead atoms. The predicted molar refractivity (Wildman–Crippen MR) is 133 cm³/mol. The molecule has 186 valence electrons. The molecule has 2 aromatic carbocycles. The third-order valence-electron chi connectivity index (χ3n) is 6.29. The largest absolute Gasteiger partial charge is 0.497 e. The van der Waals surface area contributed by atoms with E-state index in [0.29, 0.717) is 31.2 Å². The van der Waals surface area contributed by atoms with Crippen LogP contribution in [-0.2, 0) is 17.8 Å². The van der Waals surface area contributed by atoms with Gasteiger partial charge in [0.25, 0.3) is 5.91 Å². The van der Waals surface area contributed by atoms with Crippen LogP contribution in [0.3, 0.4) is 0 Å². The number of hydrogen-bond acceptors (Lipinski definition) is 7. The highest BCUT2D eigenvalue weighted by Gasteiger charge is 2.21. The number of oxazole rings is 1. The normalized spacial score (nSPS) is 15.2. The summed E-state index contributed by atoms with van der Waals surface area (Å²) in [6, 6.07) is 18.5. The highest BCUT2D eigenvalue weighted by molar-refractivity contribution is 5.91. The Labute approximate surface area is 206 Å². The number of rotatable bonds is 11. The molecule has 35 heavy (non-hydrogen) atoms. The van der Waals surface area contributed by atoms with Gasteiger partial charge in [-0.1, -0.05) is 42.5 Å². The van der Waals surface area contributed by atoms with E-state index in [1.54, 1.807) is 7.11 Å². The van der Waals surface area contributed by atoms with Gasteiger partial charge in [-0.15, -0.1) is 0 Å². The summed E-state index contributed by atoms with van der Waals surface area (Å²) in [4.78, 5) is 21.6. The zero-order valence-electron chi connectivity index (χ0n) is 20.5. The van der Waals surface area contributed by atoms with Crippen LogP contribution in [0.2, 0.25) is 0 Å². The van der Waals surface area contributed by atoms with Gasteiger partial charge >= 0.3 is 0 Å². The Morgan fingerprint density at radius 2 is 1.94 bits per heavy atom. The van der Waals surface area contributed by atoms with E-state index in [1.807, 2.05) is 36.4 Å². The molecule has 0 saturated carbocycles. The average Bonchev–Trinajstić information content (AvgIpc) is 3.38. The molecule has 4 rings (SSSR count). The monoisotopic (exact) mass is 478 g/mol. The summed E-state index contributed by atoms with van der Waals surface area (Å²) in [7, 11) is 1.67. The Kier molecular flexibility index (Phi) is 8.89. The Morgan fingerprint density at radius 3 is 2.71 bits per heavy atom. The first-order chi connectivity index (χ1) is 17.1. The molecule has 0 radical (unpaired) electrons. The second-order valence-electron chi connectivity index (χ2n) is 8.68. The number of hydrogen-bond donors (Lipinski definition) is 1. The van der Waals surface area contributed by atoms with Crippen molar-refractivity contribution in [3.05, 3.63) is 83.6 Å². The predicted octanol–water partition coefficient (Wildman–Crippen LogP) is 3.51. The molecule has 1 atom stereocenters. The lowest BCUT2D eigenvalue weighted by molar-refractivity contribution is 0.0383. The van der Waals surface area contributed by atoms with Crippen LogP contribution in [0.15, 0.2) is 65.3 Å². The van der Waals surface area contributed by atoms with Crippen molar-refractivity contribution < 1.29 is 18.7 Å². The minimum atomic E-state index is -0.219. The van der Waals surface area contributed by atoms with Crippen molar-refractivity contribution in [2.45, 2.75) is 26.1 Å². The van der Waals surface area contributed by atoms with Gasteiger partial charge in [0.1, 0.15) is 12.0 Å². The van der Waals surface area contributed by atoms with Crippen molar-refractivity contribution >= 4 is 5.91 Å². The Bertz CT molecular complexity index is 1070. The molecule has 1 aromatic heterocycles. The fourth-order valence-electron chi connectivity index (χ4n) is 4.18. The number of morpholine rings is 1. The second-order valence-corrected chi connectivity index (χ2v) is 8.68. The summed E-state index contributed by atoms with van der Waals surface area (Å²) in [5.41, 5.74) is 2.62. The van der Waals surface area contributed by atoms with E-state index >= 15 is 0 Å². The lowest BCUT2D eigenvalue weighted by Crippen LogP contribution is -2.41. The van der Waals surface area contributed by atoms with Crippen molar-refractivity contribution in [1.82, 2.24) is 20.1 Å². The summed E-state index contributed by atoms with van der Waals surface area (Å²) in [5.74, 6) is 1.11. The van der Waals surface area contributed by atoms with E-state index in [0.717, 1.165) is 44.2 Å². The van der Waals surface area contributed by atoms with Gasteiger partial charge in [0.05, 0.1) is 26.9 Å². The van der Waals surface area contributed by atoms with Crippen LogP contribution in [0.5, 0.6) is 5.75 Å². The molecule has 1 saturated heterocycles. The number of nitrogens with zero attached hydrogens (tertiary/aromatic N) is 3. The van der Waals surface area contributed by atoms with Crippen molar-refractivity contribution in [3.8, 4) is 5.75 Å². The van der Waals surface area contributed by atoms with Gasteiger partial charge in [0.2, 0.25) is 5.89 Å². The van der Waals surface area contributed by atoms with Crippen LogP contribution < -0.4 is 10.1 Å². The van der Waals surface area contributed by atoms with Crippen LogP contribution >= 0.6 is 0 Å². The van der Waals surface area contributed by atoms with Gasteiger partial charge < -0.3 is 19.2 Å². The molecule has 0 aliphatic carbocycles. The van der Waals surface area contributed by atoms with Crippen LogP contribution in [-0.4, -0.2) is 67.2 Å². The molecule has 1 amide bonds. The number of amides is 1. The van der Waals surface area contributed by atoms with E-state index in [1.165, 1.54) is 11.8 Å². The molecule has 1 fully saturated rings. The fourth-order valence-corrected chi connectivity index (χ4v) is 4.18. The zero-order valence-corrected chi connectivity index (χ0v) is 20.5. The lowest BCUT2D eigenvalue weighted by atomic mass is 10.1. The molecule has 8 nitrogen and oxygen atoms in total. The molecule has 1 aliphatic rings. The van der Waals surface area contributed by atoms with Gasteiger partial charge in [-0.05, 0) is 30.2 Å². The first kappa shape index (κ1) is 24.9. The van der Waals surface area contributed by atoms with Crippen LogP contribution in [0.1, 0.15) is 40.5 Å². The van der Waals surface area contributed by atoms with E-state index < -0.39 is 0 Å². The first-order valence-corrected chi connectivity index (χ1v) is 12.1. The summed E-state index contributed by atoms with van der Waals surface area (Å²) < 4.78 is 16.5. The fraction of sp³-hybridized carbons (Fsp3) is 0.407. The first-order valence-electron chi connectivity index (χ1n) is 12.1. The zero-order chi connectivity index (χ0) is 24.5. The summed E-state index contributed by atoms with van der Waals surface area (Å²) in [5, 5.41) is 2.94. The Hall–Kier alpha value is -3.20. The SMILES string of the molecule is COc1cccc(CN(Cc2nc(C(=O)NCCN3CCOCC3)co2)[C@H](C)c2ccccc2)c1. The number of carbonyl (C=O) groups excluding carboxylic acids is 1. The van der Waals surface area contributed by atoms with Crippen molar-refractivity contribution in [2.24, 2.45) is 0 Å². The number of nitrogens with one attached hydrogen (secondary N) is 1. The minimum absolute atomic E-state index is 0.111. The average molecular weight is 479 g/mol. The van der Waals surface area contributed by atoms with E-state index in [9.17, 15) is 4.79 Å². The molecule has 1 aliphatic heterocycles. The van der Waals surface area contributed by atoms with Crippen molar-refractivity contribution in [2.75, 3.05) is 46.5 Å². The van der Waals surface area contributed by atoms with E-state index in [2.05, 4.69) is 45.2 Å². The van der Waals surface area contributed by atoms with Crippen LogP contribution in [0.4, 0.5) is 0 Å². The van der Waals surface area contributed by atoms with E-state index in [-0.39, 0.29) is 11.9 Å². The van der Waals surface area contributed by atoms with Crippen LogP contribution in [0, 0.1) is 0 Å². The number of ether oxygens (including phenoxy) is 2. The maximum atomic E-state index is 12.6. The molecule has 1 N–H and O–H groups in total. The smallest absolute Gasteiger partial charge is 0.273 e. The lowest BCUT2D eigenvalue weighted by Gasteiger charge is -2.28. The molecule has 3 aromatic rings. The third kappa shape index (κ3) is 7.14. The van der Waals surface area contributed by atoms with Gasteiger partial charge in [-0.3, -0.25) is 14.6 Å². The Balaban J connectivity index is 1.41. The number of benzene rings is 2. The maximum absolute atomic E-state index is 12.6.